The van der Waals surface area contributed by atoms with Crippen LogP contribution in [0.25, 0.3) is 0 Å². The van der Waals surface area contributed by atoms with E-state index in [0.717, 1.165) is 44.1 Å². The highest BCUT2D eigenvalue weighted by Crippen LogP contribution is 2.43. The van der Waals surface area contributed by atoms with Crippen LogP contribution in [-0.4, -0.2) is 102 Å². The van der Waals surface area contributed by atoms with Crippen LogP contribution in [0.1, 0.15) is 95.2 Å². The van der Waals surface area contributed by atoms with Gasteiger partial charge in [0, 0.05) is 13.7 Å². The van der Waals surface area contributed by atoms with Crippen molar-refractivity contribution in [3.8, 4) is 11.5 Å². The molecule has 0 aliphatic carbocycles. The normalized spacial score (nSPS) is 17.5. The predicted octanol–water partition coefficient (Wildman–Crippen LogP) is 10.0. The van der Waals surface area contributed by atoms with Crippen LogP contribution < -0.4 is 9.47 Å². The van der Waals surface area contributed by atoms with Gasteiger partial charge < -0.3 is 47.4 Å². The molecule has 0 unspecified atom stereocenters. The molecule has 1 aliphatic rings. The third kappa shape index (κ3) is 15.3. The first-order valence-electron chi connectivity index (χ1n) is 24.4. The highest BCUT2D eigenvalue weighted by Gasteiger charge is 2.54. The van der Waals surface area contributed by atoms with Gasteiger partial charge in [-0.3, -0.25) is 9.59 Å². The Bertz CT molecular complexity index is 2360. The summed E-state index contributed by atoms with van der Waals surface area (Å²) in [5.41, 5.74) is 1.18. The molecule has 5 atom stereocenters. The van der Waals surface area contributed by atoms with Crippen LogP contribution >= 0.6 is 0 Å². The summed E-state index contributed by atoms with van der Waals surface area (Å²) in [6.45, 7) is 3.84. The summed E-state index contributed by atoms with van der Waals surface area (Å²) in [6.07, 6.45) is 0.586. The molecule has 1 fully saturated rings. The van der Waals surface area contributed by atoms with Crippen molar-refractivity contribution in [1.29, 1.82) is 0 Å². The molecule has 0 saturated carbocycles. The van der Waals surface area contributed by atoms with Gasteiger partial charge in [-0.2, -0.15) is 0 Å². The van der Waals surface area contributed by atoms with Crippen molar-refractivity contribution in [3.63, 3.8) is 0 Å². The van der Waals surface area contributed by atoms with E-state index in [4.69, 9.17) is 47.4 Å². The highest BCUT2D eigenvalue weighted by atomic mass is 16.7. The molecule has 14 heteroatoms. The van der Waals surface area contributed by atoms with E-state index in [1.54, 1.807) is 74.9 Å². The maximum atomic E-state index is 14.3. The standard InChI is InChI=1S/C58H66O14/c1-5-6-7-8-9-10-11-21-38-67-57-54(72-56(62)43-24-17-13-18-25-43)53(70-51(60)37-36-50(59)66-40-39-63-2)52(71-55(61)42-22-15-12-16-23-42)49(69-57)41-68-58(44-26-19-14-20-27-44,45-28-32-47(64-3)33-29-45)46-30-34-48(65-4)35-31-46/h5,12-20,22-35,49,52-54,57H,1,6-11,21,36-41H2,2-4H3/t49-,52+,53+,54-,57-/m1/s1. The Balaban J connectivity index is 1.45. The summed E-state index contributed by atoms with van der Waals surface area (Å²) in [4.78, 5) is 55.2. The maximum Gasteiger partial charge on any atom is 0.338 e. The number of methoxy groups -OCH3 is 3. The van der Waals surface area contributed by atoms with E-state index in [1.807, 2.05) is 84.9 Å². The van der Waals surface area contributed by atoms with E-state index in [1.165, 1.54) is 7.11 Å². The number of carbonyl (C=O) groups is 4. The molecule has 0 bridgehead atoms. The Morgan fingerprint density at radius 2 is 1.04 bits per heavy atom. The van der Waals surface area contributed by atoms with E-state index >= 15 is 0 Å². The number of rotatable bonds is 29. The Morgan fingerprint density at radius 1 is 0.542 bits per heavy atom. The number of unbranched alkanes of at least 4 members (excludes halogenated alkanes) is 6. The molecule has 5 aromatic carbocycles. The van der Waals surface area contributed by atoms with Crippen LogP contribution in [0.5, 0.6) is 11.5 Å². The first-order valence-corrected chi connectivity index (χ1v) is 24.4. The van der Waals surface area contributed by atoms with Gasteiger partial charge in [-0.05, 0) is 84.5 Å². The fourth-order valence-electron chi connectivity index (χ4n) is 8.38. The number of hydrogen-bond donors (Lipinski definition) is 0. The van der Waals surface area contributed by atoms with E-state index in [-0.39, 0.29) is 44.0 Å². The van der Waals surface area contributed by atoms with Gasteiger partial charge in [0.2, 0.25) is 0 Å². The Labute approximate surface area is 422 Å². The van der Waals surface area contributed by atoms with Crippen LogP contribution in [0.4, 0.5) is 0 Å². The molecular weight excluding hydrogens is 921 g/mol. The van der Waals surface area contributed by atoms with E-state index in [9.17, 15) is 19.2 Å². The highest BCUT2D eigenvalue weighted by molar-refractivity contribution is 5.90. The van der Waals surface area contributed by atoms with E-state index < -0.39 is 66.6 Å². The zero-order valence-corrected chi connectivity index (χ0v) is 41.4. The minimum atomic E-state index is -1.56. The topological polar surface area (TPSA) is 161 Å². The summed E-state index contributed by atoms with van der Waals surface area (Å²) >= 11 is 0. The van der Waals surface area contributed by atoms with E-state index in [2.05, 4.69) is 6.58 Å². The van der Waals surface area contributed by atoms with Crippen molar-refractivity contribution in [2.45, 2.75) is 94.1 Å². The van der Waals surface area contributed by atoms with Gasteiger partial charge in [0.15, 0.2) is 24.6 Å². The maximum absolute atomic E-state index is 14.3. The lowest BCUT2D eigenvalue weighted by molar-refractivity contribution is -0.306. The van der Waals surface area contributed by atoms with Crippen molar-refractivity contribution in [2.75, 3.05) is 47.8 Å². The second kappa shape index (κ2) is 28.9. The second-order valence-corrected chi connectivity index (χ2v) is 17.1. The Kier molecular flexibility index (Phi) is 21.8. The number of carbonyl (C=O) groups excluding carboxylic acids is 4. The average Bonchev–Trinajstić information content (AvgIpc) is 3.42. The van der Waals surface area contributed by atoms with Crippen LogP contribution in [0.15, 0.2) is 152 Å². The molecular formula is C58H66O14. The molecule has 72 heavy (non-hydrogen) atoms. The van der Waals surface area contributed by atoms with Gasteiger partial charge in [-0.1, -0.05) is 123 Å². The van der Waals surface area contributed by atoms with Crippen molar-refractivity contribution >= 4 is 23.9 Å². The van der Waals surface area contributed by atoms with Crippen LogP contribution in [0, 0.1) is 0 Å². The fourth-order valence-corrected chi connectivity index (χ4v) is 8.38. The number of hydrogen-bond acceptors (Lipinski definition) is 14. The van der Waals surface area contributed by atoms with Gasteiger partial charge in [0.1, 0.15) is 29.8 Å². The van der Waals surface area contributed by atoms with Gasteiger partial charge in [-0.15, -0.1) is 6.58 Å². The molecule has 1 aliphatic heterocycles. The molecule has 14 nitrogen and oxygen atoms in total. The minimum absolute atomic E-state index is 0.00704. The predicted molar refractivity (Wildman–Crippen MR) is 269 cm³/mol. The molecule has 1 saturated heterocycles. The van der Waals surface area contributed by atoms with Gasteiger partial charge in [0.25, 0.3) is 0 Å². The zero-order valence-electron chi connectivity index (χ0n) is 41.4. The minimum Gasteiger partial charge on any atom is -0.497 e. The lowest BCUT2D eigenvalue weighted by Crippen LogP contribution is -2.63. The van der Waals surface area contributed by atoms with Crippen molar-refractivity contribution in [1.82, 2.24) is 0 Å². The Hall–Kier alpha value is -6.84. The van der Waals surface area contributed by atoms with Crippen molar-refractivity contribution < 1.29 is 66.5 Å². The first kappa shape index (κ1) is 54.5. The number of ether oxygens (including phenoxy) is 10. The smallest absolute Gasteiger partial charge is 0.338 e. The SMILES string of the molecule is C=CCCCCCCCCO[C@@H]1O[C@H](COC(c2ccccc2)(c2ccc(OC)cc2)c2ccc(OC)cc2)[C@H](OC(=O)c2ccccc2)[C@H](OC(=O)CCC(=O)OCCOC)[C@H]1OC(=O)c1ccccc1. The fraction of sp³-hybridized carbons (Fsp3) is 0.379. The molecule has 6 rings (SSSR count). The Morgan fingerprint density at radius 3 is 1.58 bits per heavy atom. The van der Waals surface area contributed by atoms with Crippen LogP contribution in [0.2, 0.25) is 0 Å². The van der Waals surface area contributed by atoms with Crippen LogP contribution in [-0.2, 0) is 53.1 Å². The lowest BCUT2D eigenvalue weighted by atomic mass is 9.80. The van der Waals surface area contributed by atoms with E-state index in [0.29, 0.717) is 29.0 Å². The molecule has 0 amide bonds. The third-order valence-corrected chi connectivity index (χ3v) is 12.2. The molecule has 0 aromatic heterocycles. The summed E-state index contributed by atoms with van der Waals surface area (Å²) in [6, 6.07) is 41.1. The molecule has 0 spiro atoms. The monoisotopic (exact) mass is 986 g/mol. The molecule has 5 aromatic rings. The summed E-state index contributed by atoms with van der Waals surface area (Å²) in [5, 5.41) is 0. The lowest BCUT2D eigenvalue weighted by Gasteiger charge is -2.45. The first-order chi connectivity index (χ1) is 35.2. The summed E-state index contributed by atoms with van der Waals surface area (Å²) in [5.74, 6) is -1.83. The quantitative estimate of drug-likeness (QED) is 0.0146. The number of esters is 4. The molecule has 0 N–H and O–H groups in total. The summed E-state index contributed by atoms with van der Waals surface area (Å²) < 4.78 is 61.0. The van der Waals surface area contributed by atoms with Gasteiger partial charge >= 0.3 is 23.9 Å². The molecule has 382 valence electrons. The number of allylic oxidation sites excluding steroid dienone is 1. The average molecular weight is 987 g/mol. The van der Waals surface area contributed by atoms with Crippen LogP contribution in [0.3, 0.4) is 0 Å². The summed E-state index contributed by atoms with van der Waals surface area (Å²) in [7, 11) is 4.65. The zero-order chi connectivity index (χ0) is 51.0. The largest absolute Gasteiger partial charge is 0.497 e. The third-order valence-electron chi connectivity index (χ3n) is 12.2. The van der Waals surface area contributed by atoms with Crippen molar-refractivity contribution in [2.24, 2.45) is 0 Å². The van der Waals surface area contributed by atoms with Crippen molar-refractivity contribution in [3.05, 3.63) is 180 Å². The number of benzene rings is 5. The van der Waals surface area contributed by atoms with Gasteiger partial charge in [-0.25, -0.2) is 9.59 Å². The molecule has 1 heterocycles. The molecule has 0 radical (unpaired) electrons. The second-order valence-electron chi connectivity index (χ2n) is 17.1. The van der Waals surface area contributed by atoms with Gasteiger partial charge in [0.05, 0.1) is 51.4 Å².